The fourth-order valence-corrected chi connectivity index (χ4v) is 2.92. The number of aliphatic hydroxyl groups excluding tert-OH is 1. The van der Waals surface area contributed by atoms with Gasteiger partial charge in [0.25, 0.3) is 0 Å². The number of carbonyl (C=O) groups excluding carboxylic acids is 1. The molecule has 2 aromatic rings. The molecule has 2 N–H and O–H groups in total. The van der Waals surface area contributed by atoms with E-state index in [1.165, 1.54) is 0 Å². The number of hydrogen-bond donors (Lipinski definition) is 2. The molecule has 0 aromatic heterocycles. The molecule has 6 heteroatoms. The number of halogens is 1. The standard InChI is InChI=1S/C19H21ClN2O3/c20-17-3-1-2-4-18(17)25-16-7-5-14(6-8-16)21-19(24)13-22-11-9-15(23)10-12-22/h1-8,15,23H,9-13H2,(H,21,24). The van der Waals surface area contributed by atoms with Gasteiger partial charge in [0.1, 0.15) is 11.5 Å². The van der Waals surface area contributed by atoms with Gasteiger partial charge in [0.05, 0.1) is 17.7 Å². The fourth-order valence-electron chi connectivity index (χ4n) is 2.74. The van der Waals surface area contributed by atoms with Crippen LogP contribution in [0.3, 0.4) is 0 Å². The van der Waals surface area contributed by atoms with Crippen LogP contribution < -0.4 is 10.1 Å². The lowest BCUT2D eigenvalue weighted by molar-refractivity contribution is -0.117. The first-order valence-corrected chi connectivity index (χ1v) is 8.70. The van der Waals surface area contributed by atoms with Crippen molar-refractivity contribution in [2.24, 2.45) is 0 Å². The molecule has 0 aliphatic carbocycles. The Hall–Kier alpha value is -2.08. The van der Waals surface area contributed by atoms with Crippen LogP contribution in [0.15, 0.2) is 48.5 Å². The van der Waals surface area contributed by atoms with Crippen molar-refractivity contribution in [2.75, 3.05) is 25.0 Å². The first-order chi connectivity index (χ1) is 12.1. The predicted octanol–water partition coefficient (Wildman–Crippen LogP) is 3.53. The third kappa shape index (κ3) is 5.19. The number of piperidine rings is 1. The van der Waals surface area contributed by atoms with Gasteiger partial charge in [-0.1, -0.05) is 23.7 Å². The molecule has 1 heterocycles. The zero-order valence-corrected chi connectivity index (χ0v) is 14.6. The van der Waals surface area contributed by atoms with Crippen LogP contribution in [0.1, 0.15) is 12.8 Å². The maximum absolute atomic E-state index is 12.1. The summed E-state index contributed by atoms with van der Waals surface area (Å²) in [5.74, 6) is 1.18. The zero-order chi connectivity index (χ0) is 17.6. The van der Waals surface area contributed by atoms with Crippen LogP contribution in [-0.4, -0.2) is 41.7 Å². The Balaban J connectivity index is 1.52. The summed E-state index contributed by atoms with van der Waals surface area (Å²) in [6, 6.07) is 14.4. The van der Waals surface area contributed by atoms with Crippen molar-refractivity contribution in [3.8, 4) is 11.5 Å². The second-order valence-corrected chi connectivity index (χ2v) is 6.52. The van der Waals surface area contributed by atoms with E-state index in [0.717, 1.165) is 25.9 Å². The number of aliphatic hydroxyl groups is 1. The molecule has 5 nitrogen and oxygen atoms in total. The molecule has 1 saturated heterocycles. The quantitative estimate of drug-likeness (QED) is 0.856. The molecule has 0 radical (unpaired) electrons. The topological polar surface area (TPSA) is 61.8 Å². The monoisotopic (exact) mass is 360 g/mol. The minimum absolute atomic E-state index is 0.0591. The molecule has 0 unspecified atom stereocenters. The molecule has 0 spiro atoms. The van der Waals surface area contributed by atoms with Crippen LogP contribution in [0.4, 0.5) is 5.69 Å². The molecule has 0 saturated carbocycles. The van der Waals surface area contributed by atoms with E-state index < -0.39 is 0 Å². The second-order valence-electron chi connectivity index (χ2n) is 6.11. The first-order valence-electron chi connectivity index (χ1n) is 8.33. The number of hydrogen-bond acceptors (Lipinski definition) is 4. The minimum atomic E-state index is -0.232. The molecule has 1 aliphatic rings. The van der Waals surface area contributed by atoms with Gasteiger partial charge in [0, 0.05) is 18.8 Å². The Morgan fingerprint density at radius 3 is 2.52 bits per heavy atom. The number of rotatable bonds is 5. The van der Waals surface area contributed by atoms with E-state index >= 15 is 0 Å². The van der Waals surface area contributed by atoms with Crippen LogP contribution in [0.5, 0.6) is 11.5 Å². The Bertz CT molecular complexity index is 713. The number of carbonyl (C=O) groups is 1. The number of anilines is 1. The van der Waals surface area contributed by atoms with Crippen molar-refractivity contribution in [2.45, 2.75) is 18.9 Å². The average Bonchev–Trinajstić information content (AvgIpc) is 2.61. The summed E-state index contributed by atoms with van der Waals surface area (Å²) in [5, 5.41) is 12.9. The highest BCUT2D eigenvalue weighted by Gasteiger charge is 2.18. The van der Waals surface area contributed by atoms with Crippen molar-refractivity contribution in [1.82, 2.24) is 4.90 Å². The van der Waals surface area contributed by atoms with E-state index in [9.17, 15) is 9.90 Å². The molecule has 25 heavy (non-hydrogen) atoms. The average molecular weight is 361 g/mol. The van der Waals surface area contributed by atoms with Crippen molar-refractivity contribution in [3.63, 3.8) is 0 Å². The number of nitrogens with one attached hydrogen (secondary N) is 1. The van der Waals surface area contributed by atoms with Crippen molar-refractivity contribution in [1.29, 1.82) is 0 Å². The summed E-state index contributed by atoms with van der Waals surface area (Å²) >= 11 is 6.07. The van der Waals surface area contributed by atoms with Gasteiger partial charge in [-0.3, -0.25) is 9.69 Å². The lowest BCUT2D eigenvalue weighted by Crippen LogP contribution is -2.40. The number of amides is 1. The SMILES string of the molecule is O=C(CN1CCC(O)CC1)Nc1ccc(Oc2ccccc2Cl)cc1. The van der Waals surface area contributed by atoms with E-state index in [4.69, 9.17) is 16.3 Å². The van der Waals surface area contributed by atoms with Gasteiger partial charge in [-0.2, -0.15) is 0 Å². The summed E-state index contributed by atoms with van der Waals surface area (Å²) in [4.78, 5) is 14.2. The smallest absolute Gasteiger partial charge is 0.238 e. The summed E-state index contributed by atoms with van der Waals surface area (Å²) in [6.45, 7) is 1.84. The van der Waals surface area contributed by atoms with Crippen LogP contribution in [-0.2, 0) is 4.79 Å². The lowest BCUT2D eigenvalue weighted by Gasteiger charge is -2.28. The Labute approximate surface area is 152 Å². The molecule has 0 atom stereocenters. The molecule has 2 aromatic carbocycles. The van der Waals surface area contributed by atoms with Gasteiger partial charge in [-0.05, 0) is 49.2 Å². The number of benzene rings is 2. The number of para-hydroxylation sites is 1. The molecule has 1 aliphatic heterocycles. The minimum Gasteiger partial charge on any atom is -0.456 e. The Morgan fingerprint density at radius 1 is 1.16 bits per heavy atom. The molecule has 132 valence electrons. The van der Waals surface area contributed by atoms with Gasteiger partial charge < -0.3 is 15.2 Å². The van der Waals surface area contributed by atoms with Crippen LogP contribution in [0.2, 0.25) is 5.02 Å². The molecular weight excluding hydrogens is 340 g/mol. The fraction of sp³-hybridized carbons (Fsp3) is 0.316. The van der Waals surface area contributed by atoms with E-state index in [0.29, 0.717) is 28.8 Å². The van der Waals surface area contributed by atoms with Gasteiger partial charge in [0.15, 0.2) is 0 Å². The summed E-state index contributed by atoms with van der Waals surface area (Å²) in [5.41, 5.74) is 0.716. The summed E-state index contributed by atoms with van der Waals surface area (Å²) in [6.07, 6.45) is 1.22. The van der Waals surface area contributed by atoms with Crippen LogP contribution in [0.25, 0.3) is 0 Å². The zero-order valence-electron chi connectivity index (χ0n) is 13.8. The molecule has 1 fully saturated rings. The van der Waals surface area contributed by atoms with E-state index in [-0.39, 0.29) is 12.0 Å². The van der Waals surface area contributed by atoms with Gasteiger partial charge in [-0.25, -0.2) is 0 Å². The maximum atomic E-state index is 12.1. The highest BCUT2D eigenvalue weighted by Crippen LogP contribution is 2.29. The van der Waals surface area contributed by atoms with Crippen molar-refractivity contribution in [3.05, 3.63) is 53.6 Å². The third-order valence-electron chi connectivity index (χ3n) is 4.13. The highest BCUT2D eigenvalue weighted by molar-refractivity contribution is 6.32. The number of nitrogens with zero attached hydrogens (tertiary/aromatic N) is 1. The molecule has 3 rings (SSSR count). The normalized spacial score (nSPS) is 15.8. The Morgan fingerprint density at radius 2 is 1.84 bits per heavy atom. The van der Waals surface area contributed by atoms with Gasteiger partial charge in [-0.15, -0.1) is 0 Å². The van der Waals surface area contributed by atoms with Crippen LogP contribution >= 0.6 is 11.6 Å². The first kappa shape index (κ1) is 17.7. The molecular formula is C19H21ClN2O3. The lowest BCUT2D eigenvalue weighted by atomic mass is 10.1. The molecule has 0 bridgehead atoms. The number of likely N-dealkylation sites (tertiary alicyclic amines) is 1. The summed E-state index contributed by atoms with van der Waals surface area (Å²) < 4.78 is 5.72. The third-order valence-corrected chi connectivity index (χ3v) is 4.44. The Kier molecular flexibility index (Phi) is 5.91. The maximum Gasteiger partial charge on any atom is 0.238 e. The van der Waals surface area contributed by atoms with Crippen molar-refractivity contribution >= 4 is 23.2 Å². The second kappa shape index (κ2) is 8.34. The van der Waals surface area contributed by atoms with Crippen molar-refractivity contribution < 1.29 is 14.6 Å². The van der Waals surface area contributed by atoms with Gasteiger partial charge in [0.2, 0.25) is 5.91 Å². The van der Waals surface area contributed by atoms with E-state index in [1.807, 2.05) is 12.1 Å². The predicted molar refractivity (Wildman–Crippen MR) is 98.3 cm³/mol. The highest BCUT2D eigenvalue weighted by atomic mass is 35.5. The number of ether oxygens (including phenoxy) is 1. The summed E-state index contributed by atoms with van der Waals surface area (Å²) in [7, 11) is 0. The largest absolute Gasteiger partial charge is 0.456 e. The molecule has 1 amide bonds. The van der Waals surface area contributed by atoms with Gasteiger partial charge >= 0.3 is 0 Å². The van der Waals surface area contributed by atoms with Crippen LogP contribution in [0, 0.1) is 0 Å². The van der Waals surface area contributed by atoms with E-state index in [2.05, 4.69) is 10.2 Å². The van der Waals surface area contributed by atoms with E-state index in [1.54, 1.807) is 36.4 Å².